The summed E-state index contributed by atoms with van der Waals surface area (Å²) >= 11 is 6.09. The van der Waals surface area contributed by atoms with E-state index in [0.29, 0.717) is 27.8 Å². The topological polar surface area (TPSA) is 60.2 Å². The number of fused-ring (bicyclic) bond motifs is 1. The summed E-state index contributed by atoms with van der Waals surface area (Å²) in [6.07, 6.45) is 12.7. The molecular formula is C39H59ClNO3P. The molecule has 3 atom stereocenters. The fraction of sp³-hybridized carbons (Fsp3) is 0.564. The Kier molecular flexibility index (Phi) is 19.5. The molecule has 3 rings (SSSR count). The Balaban J connectivity index is 0.000000735. The van der Waals surface area contributed by atoms with Gasteiger partial charge in [0.1, 0.15) is 11.8 Å². The van der Waals surface area contributed by atoms with E-state index in [4.69, 9.17) is 22.4 Å². The highest BCUT2D eigenvalue weighted by Crippen LogP contribution is 2.34. The lowest BCUT2D eigenvalue weighted by Gasteiger charge is -2.24. The van der Waals surface area contributed by atoms with E-state index in [1.165, 1.54) is 19.3 Å². The van der Waals surface area contributed by atoms with Crippen molar-refractivity contribution in [3.05, 3.63) is 46.7 Å². The van der Waals surface area contributed by atoms with Crippen LogP contribution in [0.1, 0.15) is 131 Å². The van der Waals surface area contributed by atoms with E-state index >= 15 is 0 Å². The molecule has 6 heteroatoms. The standard InChI is InChI=1S/C18H17ClNO2P.C12H22.C5H10O.C4H10/c1-18(2,3)12-8-14(10-4-5-13(19)16(23)6-10)20-15-7-11(9-21)22-17(12)15;1-6-8-11(9-7-2)10-12(3,4)5;1-3-5(2)4-6;1-4(2)3/h4-9H,23H2,1-3H3;1,11H,7-10H2,2-5H3;4-5H,3H2,1-2H3;4H,1-3H3. The maximum Gasteiger partial charge on any atom is 0.185 e. The first-order chi connectivity index (χ1) is 20.8. The largest absolute Gasteiger partial charge is 0.451 e. The Morgan fingerprint density at radius 2 is 1.62 bits per heavy atom. The van der Waals surface area contributed by atoms with E-state index in [1.54, 1.807) is 6.07 Å². The number of rotatable bonds is 8. The summed E-state index contributed by atoms with van der Waals surface area (Å²) in [5, 5.41) is 1.62. The number of pyridine rings is 1. The molecule has 45 heavy (non-hydrogen) atoms. The number of carbonyl (C=O) groups excluding carboxylic acids is 2. The second kappa shape index (κ2) is 20.6. The quantitative estimate of drug-likeness (QED) is 0.138. The molecule has 3 aromatic rings. The number of terminal acetylenes is 1. The minimum Gasteiger partial charge on any atom is -0.451 e. The Bertz CT molecular complexity index is 1350. The highest BCUT2D eigenvalue weighted by Gasteiger charge is 2.22. The van der Waals surface area contributed by atoms with Crippen LogP contribution in [-0.4, -0.2) is 17.6 Å². The molecule has 0 fully saturated rings. The zero-order chi connectivity index (χ0) is 35.0. The molecule has 3 unspecified atom stereocenters. The van der Waals surface area contributed by atoms with Crippen molar-refractivity contribution in [2.75, 3.05) is 0 Å². The van der Waals surface area contributed by atoms with Gasteiger partial charge in [-0.25, -0.2) is 4.98 Å². The van der Waals surface area contributed by atoms with Gasteiger partial charge >= 0.3 is 0 Å². The number of hydrogen-bond acceptors (Lipinski definition) is 4. The predicted molar refractivity (Wildman–Crippen MR) is 200 cm³/mol. The van der Waals surface area contributed by atoms with Crippen molar-refractivity contribution < 1.29 is 14.0 Å². The summed E-state index contributed by atoms with van der Waals surface area (Å²) < 4.78 is 5.65. The third kappa shape index (κ3) is 17.1. The van der Waals surface area contributed by atoms with Crippen molar-refractivity contribution in [2.24, 2.45) is 23.2 Å². The highest BCUT2D eigenvalue weighted by molar-refractivity contribution is 7.28. The van der Waals surface area contributed by atoms with Crippen LogP contribution in [0, 0.1) is 35.5 Å². The Labute approximate surface area is 282 Å². The molecule has 0 radical (unpaired) electrons. The molecule has 0 bridgehead atoms. The van der Waals surface area contributed by atoms with E-state index < -0.39 is 0 Å². The van der Waals surface area contributed by atoms with Gasteiger partial charge in [0.2, 0.25) is 0 Å². The number of furan rings is 1. The van der Waals surface area contributed by atoms with Crippen LogP contribution in [0.5, 0.6) is 0 Å². The van der Waals surface area contributed by atoms with Gasteiger partial charge in [0.25, 0.3) is 0 Å². The second-order valence-corrected chi connectivity index (χ2v) is 15.6. The third-order valence-electron chi connectivity index (χ3n) is 6.59. The Hall–Kier alpha value is -2.47. The van der Waals surface area contributed by atoms with Crippen molar-refractivity contribution in [1.29, 1.82) is 0 Å². The van der Waals surface area contributed by atoms with Gasteiger partial charge in [0.15, 0.2) is 17.6 Å². The molecular weight excluding hydrogens is 597 g/mol. The van der Waals surface area contributed by atoms with Crippen LogP contribution in [0.25, 0.3) is 22.4 Å². The van der Waals surface area contributed by atoms with Crippen LogP contribution in [0.4, 0.5) is 0 Å². The molecule has 0 N–H and O–H groups in total. The number of nitrogens with zero attached hydrogens (tertiary/aromatic N) is 1. The molecule has 0 aliphatic rings. The maximum absolute atomic E-state index is 11.0. The molecule has 0 saturated heterocycles. The average Bonchev–Trinajstić information content (AvgIpc) is 3.36. The molecule has 0 saturated carbocycles. The van der Waals surface area contributed by atoms with Gasteiger partial charge < -0.3 is 9.21 Å². The monoisotopic (exact) mass is 655 g/mol. The molecule has 0 aliphatic carbocycles. The van der Waals surface area contributed by atoms with Gasteiger partial charge in [-0.05, 0) is 65.4 Å². The SMILES string of the molecule is C#CCC(CCC)CC(C)(C)C.CC(C)(C)c1cc(-c2ccc(Cl)c(P)c2)nc2cc(C=O)oc12.CC(C)C.CCC(C)C=O. The van der Waals surface area contributed by atoms with Crippen molar-refractivity contribution in [2.45, 2.75) is 121 Å². The van der Waals surface area contributed by atoms with Crippen molar-refractivity contribution in [1.82, 2.24) is 4.98 Å². The number of hydrogen-bond donors (Lipinski definition) is 0. The van der Waals surface area contributed by atoms with Crippen LogP contribution < -0.4 is 5.30 Å². The molecule has 250 valence electrons. The van der Waals surface area contributed by atoms with Crippen molar-refractivity contribution in [3.63, 3.8) is 0 Å². The molecule has 2 aromatic heterocycles. The summed E-state index contributed by atoms with van der Waals surface area (Å²) in [6, 6.07) is 9.48. The maximum atomic E-state index is 11.0. The molecule has 0 amide bonds. The summed E-state index contributed by atoms with van der Waals surface area (Å²) in [6.45, 7) is 25.8. The lowest BCUT2D eigenvalue weighted by molar-refractivity contribution is -0.110. The molecule has 0 spiro atoms. The van der Waals surface area contributed by atoms with Crippen LogP contribution in [0.15, 0.2) is 34.7 Å². The molecule has 2 heterocycles. The average molecular weight is 656 g/mol. The van der Waals surface area contributed by atoms with Crippen LogP contribution in [0.3, 0.4) is 0 Å². The number of benzene rings is 1. The number of aromatic nitrogens is 1. The Morgan fingerprint density at radius 1 is 1.02 bits per heavy atom. The summed E-state index contributed by atoms with van der Waals surface area (Å²) in [5.74, 6) is 4.89. The minimum absolute atomic E-state index is 0.135. The normalized spacial score (nSPS) is 12.4. The Morgan fingerprint density at radius 3 is 2.02 bits per heavy atom. The fourth-order valence-electron chi connectivity index (χ4n) is 4.32. The first-order valence-electron chi connectivity index (χ1n) is 16.2. The van der Waals surface area contributed by atoms with Crippen molar-refractivity contribution >= 4 is 49.8 Å². The number of carbonyl (C=O) groups is 2. The fourth-order valence-corrected chi connectivity index (χ4v) is 4.71. The van der Waals surface area contributed by atoms with Gasteiger partial charge in [0.05, 0.1) is 5.69 Å². The predicted octanol–water partition coefficient (Wildman–Crippen LogP) is 11.5. The minimum atomic E-state index is -0.135. The van der Waals surface area contributed by atoms with Crippen molar-refractivity contribution in [3.8, 4) is 23.6 Å². The zero-order valence-corrected chi connectivity index (χ0v) is 31.9. The van der Waals surface area contributed by atoms with E-state index in [-0.39, 0.29) is 17.1 Å². The third-order valence-corrected chi connectivity index (χ3v) is 7.60. The van der Waals surface area contributed by atoms with Gasteiger partial charge in [-0.15, -0.1) is 21.6 Å². The van der Waals surface area contributed by atoms with Crippen LogP contribution in [0.2, 0.25) is 5.02 Å². The van der Waals surface area contributed by atoms with Gasteiger partial charge in [-0.3, -0.25) is 4.79 Å². The first kappa shape index (κ1) is 42.5. The summed E-state index contributed by atoms with van der Waals surface area (Å²) in [7, 11) is 2.62. The zero-order valence-electron chi connectivity index (χ0n) is 30.0. The van der Waals surface area contributed by atoms with E-state index in [2.05, 4.69) is 89.4 Å². The molecule has 1 aromatic carbocycles. The van der Waals surface area contributed by atoms with Crippen LogP contribution >= 0.6 is 20.8 Å². The first-order valence-corrected chi connectivity index (χ1v) is 17.1. The van der Waals surface area contributed by atoms with E-state index in [9.17, 15) is 9.59 Å². The highest BCUT2D eigenvalue weighted by atomic mass is 35.5. The number of aldehydes is 2. The summed E-state index contributed by atoms with van der Waals surface area (Å²) in [4.78, 5) is 25.4. The smallest absolute Gasteiger partial charge is 0.185 e. The lowest BCUT2D eigenvalue weighted by Crippen LogP contribution is -2.12. The van der Waals surface area contributed by atoms with Gasteiger partial charge in [-0.1, -0.05) is 107 Å². The molecule has 0 aliphatic heterocycles. The van der Waals surface area contributed by atoms with Crippen LogP contribution in [-0.2, 0) is 10.2 Å². The second-order valence-electron chi connectivity index (χ2n) is 14.6. The summed E-state index contributed by atoms with van der Waals surface area (Å²) in [5.41, 5.74) is 4.48. The molecule has 4 nitrogen and oxygen atoms in total. The lowest BCUT2D eigenvalue weighted by atomic mass is 9.81. The van der Waals surface area contributed by atoms with E-state index in [0.717, 1.165) is 53.1 Å². The number of halogens is 1. The van der Waals surface area contributed by atoms with Gasteiger partial charge in [0, 0.05) is 34.6 Å². The van der Waals surface area contributed by atoms with E-state index in [1.807, 2.05) is 38.1 Å². The van der Waals surface area contributed by atoms with Gasteiger partial charge in [-0.2, -0.15) is 0 Å².